The summed E-state index contributed by atoms with van der Waals surface area (Å²) in [4.78, 5) is 25.6. The number of amides is 1. The monoisotopic (exact) mass is 353 g/mol. The Morgan fingerprint density at radius 2 is 1.96 bits per heavy atom. The van der Waals surface area contributed by atoms with Crippen LogP contribution in [0.25, 0.3) is 11.3 Å². The van der Waals surface area contributed by atoms with Crippen molar-refractivity contribution in [3.8, 4) is 11.3 Å². The van der Waals surface area contributed by atoms with E-state index in [1.165, 1.54) is 10.7 Å². The zero-order valence-electron chi connectivity index (χ0n) is 14.1. The minimum absolute atomic E-state index is 0.232. The van der Waals surface area contributed by atoms with Crippen molar-refractivity contribution in [2.24, 2.45) is 0 Å². The van der Waals surface area contributed by atoms with Crippen LogP contribution in [0.5, 0.6) is 0 Å². The van der Waals surface area contributed by atoms with Crippen LogP contribution in [0, 0.1) is 6.92 Å². The molecule has 2 heterocycles. The van der Waals surface area contributed by atoms with E-state index < -0.39 is 6.04 Å². The molecule has 128 valence electrons. The molecule has 0 saturated carbocycles. The minimum Gasteiger partial charge on any atom is -0.349 e. The molecule has 0 aliphatic rings. The fraction of sp³-hybridized carbons (Fsp3) is 0.211. The van der Waals surface area contributed by atoms with Crippen molar-refractivity contribution >= 4 is 17.2 Å². The van der Waals surface area contributed by atoms with E-state index in [4.69, 9.17) is 0 Å². The van der Waals surface area contributed by atoms with Crippen LogP contribution in [0.3, 0.4) is 0 Å². The average Bonchev–Trinajstić information content (AvgIpc) is 3.14. The van der Waals surface area contributed by atoms with Gasteiger partial charge in [-0.25, -0.2) is 4.68 Å². The number of aryl methyl sites for hydroxylation is 1. The number of benzene rings is 1. The van der Waals surface area contributed by atoms with Gasteiger partial charge in [-0.05, 0) is 31.4 Å². The first kappa shape index (κ1) is 17.1. The highest BCUT2D eigenvalue weighted by Gasteiger charge is 2.18. The third-order valence-corrected chi connectivity index (χ3v) is 4.81. The predicted octanol–water partition coefficient (Wildman–Crippen LogP) is 3.16. The average molecular weight is 353 g/mol. The van der Waals surface area contributed by atoms with Gasteiger partial charge in [-0.1, -0.05) is 35.9 Å². The normalized spacial score (nSPS) is 11.9. The number of nitrogens with one attached hydrogen (secondary N) is 1. The van der Waals surface area contributed by atoms with Gasteiger partial charge in [0, 0.05) is 16.5 Å². The fourth-order valence-corrected chi connectivity index (χ4v) is 3.07. The summed E-state index contributed by atoms with van der Waals surface area (Å²) in [5.74, 6) is -0.232. The lowest BCUT2D eigenvalue weighted by molar-refractivity contribution is -0.124. The molecule has 5 nitrogen and oxygen atoms in total. The molecule has 3 rings (SSSR count). The molecule has 2 aromatic heterocycles. The number of carbonyl (C=O) groups is 1. The van der Waals surface area contributed by atoms with E-state index >= 15 is 0 Å². The van der Waals surface area contributed by atoms with Crippen LogP contribution in [0.2, 0.25) is 0 Å². The first-order valence-corrected chi connectivity index (χ1v) is 8.89. The minimum atomic E-state index is -0.683. The Morgan fingerprint density at radius 1 is 1.20 bits per heavy atom. The molecular weight excluding hydrogens is 334 g/mol. The molecule has 0 radical (unpaired) electrons. The Labute approximate surface area is 150 Å². The van der Waals surface area contributed by atoms with E-state index in [9.17, 15) is 9.59 Å². The van der Waals surface area contributed by atoms with Gasteiger partial charge in [0.1, 0.15) is 6.04 Å². The Kier molecular flexibility index (Phi) is 5.09. The molecule has 25 heavy (non-hydrogen) atoms. The standard InChI is InChI=1S/C19H19N3O2S/c1-13-5-7-15(8-6-13)17-9-10-18(23)22(21-17)14(2)19(24)20-12-16-4-3-11-25-16/h3-11,14H,12H2,1-2H3,(H,20,24)/t14-/m0/s1. The van der Waals surface area contributed by atoms with Crippen molar-refractivity contribution < 1.29 is 4.79 Å². The lowest BCUT2D eigenvalue weighted by Gasteiger charge is -2.14. The van der Waals surface area contributed by atoms with Crippen LogP contribution in [0.1, 0.15) is 23.4 Å². The maximum atomic E-state index is 12.4. The highest BCUT2D eigenvalue weighted by atomic mass is 32.1. The number of nitrogens with zero attached hydrogens (tertiary/aromatic N) is 2. The van der Waals surface area contributed by atoms with Gasteiger partial charge in [0.05, 0.1) is 12.2 Å². The topological polar surface area (TPSA) is 64.0 Å². The number of carbonyl (C=O) groups excluding carboxylic acids is 1. The largest absolute Gasteiger partial charge is 0.349 e. The van der Waals surface area contributed by atoms with E-state index in [1.807, 2.05) is 48.7 Å². The summed E-state index contributed by atoms with van der Waals surface area (Å²) in [5.41, 5.74) is 2.43. The maximum Gasteiger partial charge on any atom is 0.267 e. The molecule has 0 fully saturated rings. The van der Waals surface area contributed by atoms with Crippen LogP contribution in [-0.2, 0) is 11.3 Å². The summed E-state index contributed by atoms with van der Waals surface area (Å²) in [5, 5.41) is 9.19. The summed E-state index contributed by atoms with van der Waals surface area (Å²) in [7, 11) is 0. The van der Waals surface area contributed by atoms with E-state index in [1.54, 1.807) is 24.3 Å². The lowest BCUT2D eigenvalue weighted by Crippen LogP contribution is -2.36. The first-order valence-electron chi connectivity index (χ1n) is 8.01. The van der Waals surface area contributed by atoms with Crippen LogP contribution in [-0.4, -0.2) is 15.7 Å². The van der Waals surface area contributed by atoms with Crippen molar-refractivity contribution in [2.75, 3.05) is 0 Å². The lowest BCUT2D eigenvalue weighted by atomic mass is 10.1. The molecular formula is C19H19N3O2S. The summed E-state index contributed by atoms with van der Waals surface area (Å²) in [6, 6.07) is 14.2. The third-order valence-electron chi connectivity index (χ3n) is 3.94. The molecule has 0 aliphatic heterocycles. The summed E-state index contributed by atoms with van der Waals surface area (Å²) >= 11 is 1.58. The molecule has 0 bridgehead atoms. The van der Waals surface area contributed by atoms with E-state index in [0.29, 0.717) is 12.2 Å². The first-order chi connectivity index (χ1) is 12.0. The van der Waals surface area contributed by atoms with Gasteiger partial charge in [0.25, 0.3) is 5.56 Å². The number of rotatable bonds is 5. The highest BCUT2D eigenvalue weighted by Crippen LogP contribution is 2.17. The molecule has 1 atom stereocenters. The summed E-state index contributed by atoms with van der Waals surface area (Å²) in [6.45, 7) is 4.14. The molecule has 1 amide bonds. The zero-order chi connectivity index (χ0) is 17.8. The summed E-state index contributed by atoms with van der Waals surface area (Å²) < 4.78 is 1.24. The predicted molar refractivity (Wildman–Crippen MR) is 99.5 cm³/mol. The van der Waals surface area contributed by atoms with E-state index in [0.717, 1.165) is 16.0 Å². The van der Waals surface area contributed by atoms with Crippen molar-refractivity contribution in [1.82, 2.24) is 15.1 Å². The van der Waals surface area contributed by atoms with Gasteiger partial charge in [-0.15, -0.1) is 11.3 Å². The molecule has 1 aromatic carbocycles. The van der Waals surface area contributed by atoms with Gasteiger partial charge in [0.2, 0.25) is 5.91 Å². The Hall–Kier alpha value is -2.73. The molecule has 1 N–H and O–H groups in total. The molecule has 0 aliphatic carbocycles. The molecule has 0 unspecified atom stereocenters. The van der Waals surface area contributed by atoms with Crippen molar-refractivity contribution in [3.05, 3.63) is 74.7 Å². The van der Waals surface area contributed by atoms with Gasteiger partial charge in [-0.2, -0.15) is 5.10 Å². The maximum absolute atomic E-state index is 12.4. The van der Waals surface area contributed by atoms with Crippen LogP contribution in [0.4, 0.5) is 0 Å². The second kappa shape index (κ2) is 7.44. The molecule has 6 heteroatoms. The number of aromatic nitrogens is 2. The van der Waals surface area contributed by atoms with E-state index in [2.05, 4.69) is 10.4 Å². The third kappa shape index (κ3) is 4.03. The second-order valence-electron chi connectivity index (χ2n) is 5.84. The quantitative estimate of drug-likeness (QED) is 0.766. The van der Waals surface area contributed by atoms with Crippen LogP contribution < -0.4 is 10.9 Å². The Bertz CT molecular complexity index is 915. The molecule has 0 saturated heterocycles. The Balaban J connectivity index is 1.80. The number of hydrogen-bond donors (Lipinski definition) is 1. The van der Waals surface area contributed by atoms with Crippen LogP contribution in [0.15, 0.2) is 58.7 Å². The van der Waals surface area contributed by atoms with Gasteiger partial charge >= 0.3 is 0 Å². The fourth-order valence-electron chi connectivity index (χ4n) is 2.43. The number of thiophene rings is 1. The van der Waals surface area contributed by atoms with Gasteiger partial charge in [0.15, 0.2) is 0 Å². The molecule has 0 spiro atoms. The zero-order valence-corrected chi connectivity index (χ0v) is 14.9. The van der Waals surface area contributed by atoms with Crippen LogP contribution >= 0.6 is 11.3 Å². The number of hydrogen-bond acceptors (Lipinski definition) is 4. The van der Waals surface area contributed by atoms with Gasteiger partial charge in [-0.3, -0.25) is 9.59 Å². The molecule has 3 aromatic rings. The van der Waals surface area contributed by atoms with Crippen molar-refractivity contribution in [1.29, 1.82) is 0 Å². The van der Waals surface area contributed by atoms with Gasteiger partial charge < -0.3 is 5.32 Å². The Morgan fingerprint density at radius 3 is 2.64 bits per heavy atom. The van der Waals surface area contributed by atoms with Crippen molar-refractivity contribution in [2.45, 2.75) is 26.4 Å². The highest BCUT2D eigenvalue weighted by molar-refractivity contribution is 7.09. The van der Waals surface area contributed by atoms with E-state index in [-0.39, 0.29) is 11.5 Å². The smallest absolute Gasteiger partial charge is 0.267 e. The second-order valence-corrected chi connectivity index (χ2v) is 6.87. The summed E-state index contributed by atoms with van der Waals surface area (Å²) in [6.07, 6.45) is 0. The van der Waals surface area contributed by atoms with Crippen molar-refractivity contribution in [3.63, 3.8) is 0 Å². The SMILES string of the molecule is Cc1ccc(-c2ccc(=O)n([C@@H](C)C(=O)NCc3cccs3)n2)cc1.